The molecule has 2 nitrogen and oxygen atoms in total. The molecule has 0 aliphatic heterocycles. The lowest BCUT2D eigenvalue weighted by Gasteiger charge is -2.54. The number of hydrogen-bond acceptors (Lipinski definition) is 1. The molecule has 2 heteroatoms. The molecule has 1 spiro atoms. The largest absolute Gasteiger partial charge is 0.266 e. The van der Waals surface area contributed by atoms with E-state index in [9.17, 15) is 0 Å². The summed E-state index contributed by atoms with van der Waals surface area (Å²) in [7, 11) is 0. The molecule has 1 aromatic heterocycles. The summed E-state index contributed by atoms with van der Waals surface area (Å²) in [6, 6.07) is 3.01. The van der Waals surface area contributed by atoms with Crippen molar-refractivity contribution in [3.8, 4) is 0 Å². The van der Waals surface area contributed by atoms with Gasteiger partial charge in [0.1, 0.15) is 0 Å². The van der Waals surface area contributed by atoms with Crippen molar-refractivity contribution >= 4 is 0 Å². The minimum absolute atomic E-state index is 0.142. The van der Waals surface area contributed by atoms with Gasteiger partial charge in [-0.15, -0.1) is 0 Å². The summed E-state index contributed by atoms with van der Waals surface area (Å²) in [4.78, 5) is 0. The lowest BCUT2D eigenvalue weighted by Crippen LogP contribution is -2.44. The van der Waals surface area contributed by atoms with Crippen LogP contribution in [-0.4, -0.2) is 9.78 Å². The maximum absolute atomic E-state index is 5.01. The van der Waals surface area contributed by atoms with Crippen LogP contribution in [0, 0.1) is 5.41 Å². The van der Waals surface area contributed by atoms with Crippen molar-refractivity contribution in [1.29, 1.82) is 0 Å². The molecule has 0 unspecified atom stereocenters. The van der Waals surface area contributed by atoms with E-state index in [1.807, 2.05) is 0 Å². The number of rotatable bonds is 1. The van der Waals surface area contributed by atoms with Gasteiger partial charge < -0.3 is 0 Å². The fraction of sp³-hybridized carbons (Fsp3) is 0.833. The summed E-state index contributed by atoms with van der Waals surface area (Å²) in [5.41, 5.74) is 3.70. The second-order valence-corrected chi connectivity index (χ2v) is 9.28. The van der Waals surface area contributed by atoms with Gasteiger partial charge in [-0.1, -0.05) is 48.0 Å². The molecule has 2 aliphatic carbocycles. The van der Waals surface area contributed by atoms with E-state index < -0.39 is 0 Å². The molecule has 1 heterocycles. The van der Waals surface area contributed by atoms with Gasteiger partial charge in [0.05, 0.1) is 11.7 Å². The zero-order valence-corrected chi connectivity index (χ0v) is 14.1. The molecule has 1 aromatic rings. The Morgan fingerprint density at radius 2 is 1.65 bits per heavy atom. The monoisotopic (exact) mass is 274 g/mol. The Morgan fingerprint density at radius 3 is 2.05 bits per heavy atom. The van der Waals surface area contributed by atoms with Crippen LogP contribution < -0.4 is 0 Å². The minimum Gasteiger partial charge on any atom is -0.266 e. The first-order valence-electron chi connectivity index (χ1n) is 8.21. The summed E-state index contributed by atoms with van der Waals surface area (Å²) >= 11 is 0. The van der Waals surface area contributed by atoms with E-state index in [-0.39, 0.29) is 10.8 Å². The van der Waals surface area contributed by atoms with Crippen LogP contribution in [0.25, 0.3) is 0 Å². The van der Waals surface area contributed by atoms with Crippen molar-refractivity contribution in [2.75, 3.05) is 0 Å². The Balaban J connectivity index is 1.91. The zero-order chi connectivity index (χ0) is 14.8. The number of hydrogen-bond donors (Lipinski definition) is 0. The van der Waals surface area contributed by atoms with Crippen LogP contribution in [0.2, 0.25) is 0 Å². The van der Waals surface area contributed by atoms with Crippen LogP contribution >= 0.6 is 0 Å². The zero-order valence-electron chi connectivity index (χ0n) is 14.1. The van der Waals surface area contributed by atoms with Crippen LogP contribution in [0.5, 0.6) is 0 Å². The predicted molar refractivity (Wildman–Crippen MR) is 84.2 cm³/mol. The van der Waals surface area contributed by atoms with Crippen LogP contribution in [0.1, 0.15) is 91.1 Å². The Hall–Kier alpha value is -0.790. The maximum atomic E-state index is 5.01. The molecule has 0 atom stereocenters. The van der Waals surface area contributed by atoms with Gasteiger partial charge in [0.2, 0.25) is 0 Å². The fourth-order valence-corrected chi connectivity index (χ4v) is 3.80. The smallest absolute Gasteiger partial charge is 0.0681 e. The molecule has 2 fully saturated rings. The van der Waals surface area contributed by atoms with Crippen LogP contribution in [0.4, 0.5) is 0 Å². The highest BCUT2D eigenvalue weighted by Gasteiger charge is 2.50. The molecular weight excluding hydrogens is 244 g/mol. The standard InChI is InChI=1S/C18H30N2/c1-16(2,3)14-10-15(17(4,5)6)20(19-14)13-11-18(12-13)8-7-9-18/h10,13H,7-9,11-12H2,1-6H3. The molecule has 0 bridgehead atoms. The Kier molecular flexibility index (Phi) is 2.91. The van der Waals surface area contributed by atoms with Gasteiger partial charge in [-0.2, -0.15) is 5.10 Å². The van der Waals surface area contributed by atoms with Gasteiger partial charge in [0, 0.05) is 16.5 Å². The average molecular weight is 274 g/mol. The van der Waals surface area contributed by atoms with Gasteiger partial charge in [0.25, 0.3) is 0 Å². The summed E-state index contributed by atoms with van der Waals surface area (Å²) in [5, 5.41) is 5.01. The molecule has 112 valence electrons. The second kappa shape index (κ2) is 4.11. The first-order valence-corrected chi connectivity index (χ1v) is 8.21. The first kappa shape index (κ1) is 14.2. The average Bonchev–Trinajstić information content (AvgIpc) is 2.55. The van der Waals surface area contributed by atoms with Crippen LogP contribution in [0.3, 0.4) is 0 Å². The third-order valence-electron chi connectivity index (χ3n) is 5.37. The summed E-state index contributed by atoms with van der Waals surface area (Å²) in [6.45, 7) is 13.7. The molecule has 0 amide bonds. The van der Waals surface area contributed by atoms with E-state index in [4.69, 9.17) is 5.10 Å². The lowest BCUT2D eigenvalue weighted by molar-refractivity contribution is -0.0240. The van der Waals surface area contributed by atoms with Crippen molar-refractivity contribution in [2.45, 2.75) is 90.5 Å². The molecule has 0 saturated heterocycles. The van der Waals surface area contributed by atoms with Crippen molar-refractivity contribution in [3.63, 3.8) is 0 Å². The van der Waals surface area contributed by atoms with Crippen LogP contribution in [0.15, 0.2) is 6.07 Å². The highest BCUT2D eigenvalue weighted by Crippen LogP contribution is 2.60. The lowest BCUT2D eigenvalue weighted by atomic mass is 9.54. The van der Waals surface area contributed by atoms with Gasteiger partial charge in [-0.3, -0.25) is 4.68 Å². The summed E-state index contributed by atoms with van der Waals surface area (Å²) < 4.78 is 2.38. The van der Waals surface area contributed by atoms with E-state index in [2.05, 4.69) is 52.3 Å². The first-order chi connectivity index (χ1) is 9.11. The van der Waals surface area contributed by atoms with E-state index in [1.165, 1.54) is 43.5 Å². The molecule has 0 N–H and O–H groups in total. The molecule has 2 saturated carbocycles. The van der Waals surface area contributed by atoms with Gasteiger partial charge >= 0.3 is 0 Å². The van der Waals surface area contributed by atoms with E-state index in [0.717, 1.165) is 0 Å². The normalized spacial score (nSPS) is 22.7. The topological polar surface area (TPSA) is 17.8 Å². The summed E-state index contributed by atoms with van der Waals surface area (Å²) in [6.07, 6.45) is 7.09. The fourth-order valence-electron chi connectivity index (χ4n) is 3.80. The Morgan fingerprint density at radius 1 is 1.05 bits per heavy atom. The van der Waals surface area contributed by atoms with E-state index >= 15 is 0 Å². The Labute approximate surface area is 124 Å². The van der Waals surface area contributed by atoms with Gasteiger partial charge in [-0.25, -0.2) is 0 Å². The highest BCUT2D eigenvalue weighted by atomic mass is 15.3. The SMILES string of the molecule is CC(C)(C)c1cc(C(C)(C)C)n(C2CC3(CCC3)C2)n1. The highest BCUT2D eigenvalue weighted by molar-refractivity contribution is 5.24. The molecule has 20 heavy (non-hydrogen) atoms. The molecule has 3 rings (SSSR count). The van der Waals surface area contributed by atoms with Crippen LogP contribution in [-0.2, 0) is 10.8 Å². The maximum Gasteiger partial charge on any atom is 0.0681 e. The van der Waals surface area contributed by atoms with Crippen molar-refractivity contribution < 1.29 is 0 Å². The van der Waals surface area contributed by atoms with Crippen molar-refractivity contribution in [3.05, 3.63) is 17.5 Å². The minimum atomic E-state index is 0.142. The molecule has 0 radical (unpaired) electrons. The molecular formula is C18H30N2. The Bertz CT molecular complexity index is 499. The second-order valence-electron chi connectivity index (χ2n) is 9.28. The number of nitrogens with zero attached hydrogens (tertiary/aromatic N) is 2. The third-order valence-corrected chi connectivity index (χ3v) is 5.37. The molecule has 2 aliphatic rings. The molecule has 0 aromatic carbocycles. The van der Waals surface area contributed by atoms with Gasteiger partial charge in [-0.05, 0) is 37.2 Å². The quantitative estimate of drug-likeness (QED) is 0.706. The predicted octanol–water partition coefficient (Wildman–Crippen LogP) is 4.98. The third kappa shape index (κ3) is 2.21. The van der Waals surface area contributed by atoms with Gasteiger partial charge in [0.15, 0.2) is 0 Å². The van der Waals surface area contributed by atoms with Crippen molar-refractivity contribution in [1.82, 2.24) is 9.78 Å². The summed E-state index contributed by atoms with van der Waals surface area (Å²) in [5.74, 6) is 0. The van der Waals surface area contributed by atoms with E-state index in [0.29, 0.717) is 11.5 Å². The van der Waals surface area contributed by atoms with E-state index in [1.54, 1.807) is 0 Å². The number of aromatic nitrogens is 2. The van der Waals surface area contributed by atoms with Crippen molar-refractivity contribution in [2.24, 2.45) is 5.41 Å².